The number of anilines is 2. The number of nitrogens with zero attached hydrogens (tertiary/aromatic N) is 2. The lowest BCUT2D eigenvalue weighted by Crippen LogP contribution is -2.18. The molecule has 2 N–H and O–H groups in total. The van der Waals surface area contributed by atoms with E-state index in [1.54, 1.807) is 0 Å². The average Bonchev–Trinajstić information content (AvgIpc) is 2.46. The third kappa shape index (κ3) is 4.37. The Balaban J connectivity index is 1.95. The van der Waals surface area contributed by atoms with Gasteiger partial charge in [-0.2, -0.15) is 0 Å². The Bertz CT molecular complexity index is 386. The summed E-state index contributed by atoms with van der Waals surface area (Å²) in [4.78, 5) is 9.03. The minimum Gasteiger partial charge on any atom is -0.370 e. The van der Waals surface area contributed by atoms with Crippen LogP contribution in [-0.2, 0) is 6.42 Å². The zero-order valence-electron chi connectivity index (χ0n) is 12.2. The molecule has 0 spiro atoms. The van der Waals surface area contributed by atoms with Crippen LogP contribution in [0.1, 0.15) is 51.8 Å². The molecule has 4 heteroatoms. The Kier molecular flexibility index (Phi) is 5.43. The highest BCUT2D eigenvalue weighted by Gasteiger charge is 2.13. The van der Waals surface area contributed by atoms with E-state index in [0.717, 1.165) is 42.9 Å². The molecular weight excluding hydrogens is 236 g/mol. The molecule has 0 bridgehead atoms. The molecule has 0 atom stereocenters. The van der Waals surface area contributed by atoms with Gasteiger partial charge in [0.1, 0.15) is 17.5 Å². The van der Waals surface area contributed by atoms with E-state index >= 15 is 0 Å². The molecule has 19 heavy (non-hydrogen) atoms. The van der Waals surface area contributed by atoms with E-state index in [-0.39, 0.29) is 0 Å². The standard InChI is InChI=1S/C15H26N4/c1-3-13-18-14(16-4-2)10-15(19-13)17-11-12-8-6-5-7-9-12/h10,12H,3-9,11H2,1-2H3,(H2,16,17,18,19). The van der Waals surface area contributed by atoms with Crippen LogP contribution in [0.4, 0.5) is 11.6 Å². The Hall–Kier alpha value is -1.32. The Morgan fingerprint density at radius 3 is 2.37 bits per heavy atom. The Morgan fingerprint density at radius 1 is 1.05 bits per heavy atom. The molecule has 0 aliphatic heterocycles. The van der Waals surface area contributed by atoms with Crippen LogP contribution in [0.3, 0.4) is 0 Å². The summed E-state index contributed by atoms with van der Waals surface area (Å²) in [6.45, 7) is 6.12. The van der Waals surface area contributed by atoms with Crippen LogP contribution < -0.4 is 10.6 Å². The van der Waals surface area contributed by atoms with E-state index in [0.29, 0.717) is 0 Å². The van der Waals surface area contributed by atoms with Gasteiger partial charge in [-0.25, -0.2) is 9.97 Å². The number of aromatic nitrogens is 2. The minimum atomic E-state index is 0.816. The van der Waals surface area contributed by atoms with E-state index in [9.17, 15) is 0 Å². The molecule has 0 aromatic carbocycles. The van der Waals surface area contributed by atoms with Gasteiger partial charge in [-0.05, 0) is 25.7 Å². The molecular formula is C15H26N4. The first-order valence-corrected chi connectivity index (χ1v) is 7.67. The SMILES string of the molecule is CCNc1cc(NCC2CCCCC2)nc(CC)n1. The maximum Gasteiger partial charge on any atom is 0.132 e. The van der Waals surface area contributed by atoms with Gasteiger partial charge in [0.25, 0.3) is 0 Å². The lowest BCUT2D eigenvalue weighted by Gasteiger charge is -2.22. The average molecular weight is 262 g/mol. The molecule has 0 saturated heterocycles. The lowest BCUT2D eigenvalue weighted by atomic mass is 9.89. The summed E-state index contributed by atoms with van der Waals surface area (Å²) in [6, 6.07) is 2.02. The number of hydrogen-bond donors (Lipinski definition) is 2. The van der Waals surface area contributed by atoms with Crippen molar-refractivity contribution in [3.05, 3.63) is 11.9 Å². The maximum absolute atomic E-state index is 4.56. The summed E-state index contributed by atoms with van der Waals surface area (Å²) in [6.07, 6.45) is 7.78. The summed E-state index contributed by atoms with van der Waals surface area (Å²) < 4.78 is 0. The van der Waals surface area contributed by atoms with Crippen molar-refractivity contribution in [3.8, 4) is 0 Å². The fourth-order valence-corrected chi connectivity index (χ4v) is 2.66. The molecule has 0 amide bonds. The quantitative estimate of drug-likeness (QED) is 0.824. The second kappa shape index (κ2) is 7.31. The van der Waals surface area contributed by atoms with Crippen LogP contribution in [0.5, 0.6) is 0 Å². The maximum atomic E-state index is 4.56. The van der Waals surface area contributed by atoms with Crippen molar-refractivity contribution >= 4 is 11.6 Å². The summed E-state index contributed by atoms with van der Waals surface area (Å²) in [5.74, 6) is 3.62. The molecule has 1 fully saturated rings. The van der Waals surface area contributed by atoms with Crippen LogP contribution in [0, 0.1) is 5.92 Å². The molecule has 4 nitrogen and oxygen atoms in total. The Morgan fingerprint density at radius 2 is 1.74 bits per heavy atom. The third-order valence-corrected chi connectivity index (χ3v) is 3.74. The fourth-order valence-electron chi connectivity index (χ4n) is 2.66. The van der Waals surface area contributed by atoms with Gasteiger partial charge >= 0.3 is 0 Å². The summed E-state index contributed by atoms with van der Waals surface area (Å²) in [5.41, 5.74) is 0. The van der Waals surface area contributed by atoms with Gasteiger partial charge in [0, 0.05) is 25.6 Å². The highest BCUT2D eigenvalue weighted by atomic mass is 15.1. The van der Waals surface area contributed by atoms with E-state index in [2.05, 4.69) is 34.4 Å². The van der Waals surface area contributed by atoms with E-state index in [1.807, 2.05) is 6.07 Å². The van der Waals surface area contributed by atoms with Crippen LogP contribution >= 0.6 is 0 Å². The minimum absolute atomic E-state index is 0.816. The summed E-state index contributed by atoms with van der Waals surface area (Å²) in [5, 5.41) is 6.77. The van der Waals surface area contributed by atoms with Gasteiger partial charge < -0.3 is 10.6 Å². The van der Waals surface area contributed by atoms with E-state index in [4.69, 9.17) is 0 Å². The molecule has 0 radical (unpaired) electrons. The molecule has 1 saturated carbocycles. The van der Waals surface area contributed by atoms with Crippen LogP contribution in [0.25, 0.3) is 0 Å². The molecule has 1 heterocycles. The molecule has 1 aliphatic carbocycles. The molecule has 1 aromatic heterocycles. The summed E-state index contributed by atoms with van der Waals surface area (Å²) in [7, 11) is 0. The molecule has 0 unspecified atom stereocenters. The second-order valence-electron chi connectivity index (χ2n) is 5.32. The lowest BCUT2D eigenvalue weighted by molar-refractivity contribution is 0.373. The van der Waals surface area contributed by atoms with Crippen molar-refractivity contribution < 1.29 is 0 Å². The van der Waals surface area contributed by atoms with Crippen LogP contribution in [0.2, 0.25) is 0 Å². The van der Waals surface area contributed by atoms with E-state index < -0.39 is 0 Å². The van der Waals surface area contributed by atoms with Gasteiger partial charge in [-0.3, -0.25) is 0 Å². The predicted octanol–water partition coefficient (Wildman–Crippen LogP) is 3.46. The van der Waals surface area contributed by atoms with Crippen LogP contribution in [-0.4, -0.2) is 23.1 Å². The number of nitrogens with one attached hydrogen (secondary N) is 2. The first-order valence-electron chi connectivity index (χ1n) is 7.67. The van der Waals surface area contributed by atoms with Crippen LogP contribution in [0.15, 0.2) is 6.07 Å². The van der Waals surface area contributed by atoms with Gasteiger partial charge in [0.2, 0.25) is 0 Å². The zero-order valence-corrected chi connectivity index (χ0v) is 12.2. The smallest absolute Gasteiger partial charge is 0.132 e. The van der Waals surface area contributed by atoms with Gasteiger partial charge in [0.05, 0.1) is 0 Å². The molecule has 106 valence electrons. The molecule has 1 aromatic rings. The predicted molar refractivity (Wildman–Crippen MR) is 80.6 cm³/mol. The van der Waals surface area contributed by atoms with Gasteiger partial charge in [-0.15, -0.1) is 0 Å². The number of hydrogen-bond acceptors (Lipinski definition) is 4. The second-order valence-corrected chi connectivity index (χ2v) is 5.32. The first-order chi connectivity index (χ1) is 9.31. The largest absolute Gasteiger partial charge is 0.370 e. The van der Waals surface area contributed by atoms with Crippen molar-refractivity contribution in [1.82, 2.24) is 9.97 Å². The van der Waals surface area contributed by atoms with E-state index in [1.165, 1.54) is 32.1 Å². The number of aryl methyl sites for hydroxylation is 1. The topological polar surface area (TPSA) is 49.8 Å². The molecule has 1 aliphatic rings. The number of rotatable bonds is 6. The fraction of sp³-hybridized carbons (Fsp3) is 0.733. The zero-order chi connectivity index (χ0) is 13.5. The monoisotopic (exact) mass is 262 g/mol. The highest BCUT2D eigenvalue weighted by Crippen LogP contribution is 2.24. The highest BCUT2D eigenvalue weighted by molar-refractivity contribution is 5.47. The molecule has 2 rings (SSSR count). The van der Waals surface area contributed by atoms with Crippen molar-refractivity contribution in [2.45, 2.75) is 52.4 Å². The van der Waals surface area contributed by atoms with Crippen molar-refractivity contribution in [3.63, 3.8) is 0 Å². The van der Waals surface area contributed by atoms with Crippen molar-refractivity contribution in [2.24, 2.45) is 5.92 Å². The van der Waals surface area contributed by atoms with Gasteiger partial charge in [0.15, 0.2) is 0 Å². The Labute approximate surface area is 116 Å². The summed E-state index contributed by atoms with van der Waals surface area (Å²) >= 11 is 0. The van der Waals surface area contributed by atoms with Gasteiger partial charge in [-0.1, -0.05) is 26.2 Å². The normalized spacial score (nSPS) is 16.3. The third-order valence-electron chi connectivity index (χ3n) is 3.74. The van der Waals surface area contributed by atoms with Crippen molar-refractivity contribution in [1.29, 1.82) is 0 Å². The van der Waals surface area contributed by atoms with Crippen molar-refractivity contribution in [2.75, 3.05) is 23.7 Å². The first kappa shape index (κ1) is 14.1.